The van der Waals surface area contributed by atoms with E-state index >= 15 is 0 Å². The van der Waals surface area contributed by atoms with Gasteiger partial charge in [-0.1, -0.05) is 6.92 Å². The van der Waals surface area contributed by atoms with E-state index in [4.69, 9.17) is 9.84 Å². The van der Waals surface area contributed by atoms with Crippen molar-refractivity contribution >= 4 is 12.1 Å². The number of carbonyl (C=O) groups excluding carboxylic acids is 1. The van der Waals surface area contributed by atoms with Gasteiger partial charge in [-0.05, 0) is 38.5 Å². The van der Waals surface area contributed by atoms with Gasteiger partial charge >= 0.3 is 12.1 Å². The number of hydrogen-bond donors (Lipinski definition) is 1. The zero-order valence-electron chi connectivity index (χ0n) is 11.3. The Labute approximate surface area is 107 Å². The molecule has 5 nitrogen and oxygen atoms in total. The van der Waals surface area contributed by atoms with E-state index in [1.165, 1.54) is 0 Å². The minimum atomic E-state index is -0.738. The number of ether oxygens (including phenoxy) is 1. The molecule has 0 aromatic heterocycles. The molecule has 2 fully saturated rings. The fraction of sp³-hybridized carbons (Fsp3) is 0.846. The van der Waals surface area contributed by atoms with Gasteiger partial charge in [-0.3, -0.25) is 4.79 Å². The maximum absolute atomic E-state index is 11.8. The van der Waals surface area contributed by atoms with Crippen LogP contribution in [-0.2, 0) is 9.53 Å². The molecule has 0 radical (unpaired) electrons. The highest BCUT2D eigenvalue weighted by molar-refractivity contribution is 5.72. The maximum atomic E-state index is 11.8. The van der Waals surface area contributed by atoms with Gasteiger partial charge in [-0.25, -0.2) is 4.79 Å². The molecule has 3 unspecified atom stereocenters. The van der Waals surface area contributed by atoms with Crippen LogP contribution in [0.3, 0.4) is 0 Å². The maximum Gasteiger partial charge on any atom is 0.410 e. The first kappa shape index (κ1) is 13.2. The molecular weight excluding hydrogens is 234 g/mol. The molecule has 102 valence electrons. The fourth-order valence-electron chi connectivity index (χ4n) is 2.95. The summed E-state index contributed by atoms with van der Waals surface area (Å²) in [5.41, 5.74) is -0.475. The number of piperidine rings is 1. The molecule has 2 aliphatic rings. The SMILES string of the molecule is CC(C(=O)O)C1C2CN(C(=O)OC(C)(C)C)CC21. The van der Waals surface area contributed by atoms with Crippen molar-refractivity contribution in [3.63, 3.8) is 0 Å². The summed E-state index contributed by atoms with van der Waals surface area (Å²) in [5.74, 6) is -0.104. The van der Waals surface area contributed by atoms with E-state index in [1.807, 2.05) is 20.8 Å². The number of fused-ring (bicyclic) bond motifs is 1. The average molecular weight is 255 g/mol. The van der Waals surface area contributed by atoms with E-state index < -0.39 is 11.6 Å². The Kier molecular flexibility index (Phi) is 3.03. The summed E-state index contributed by atoms with van der Waals surface area (Å²) in [7, 11) is 0. The lowest BCUT2D eigenvalue weighted by molar-refractivity contribution is -0.142. The van der Waals surface area contributed by atoms with Crippen molar-refractivity contribution < 1.29 is 19.4 Å². The highest BCUT2D eigenvalue weighted by Gasteiger charge is 2.60. The molecule has 1 N–H and O–H groups in total. The Hall–Kier alpha value is -1.26. The first-order chi connectivity index (χ1) is 8.20. The van der Waals surface area contributed by atoms with Crippen LogP contribution in [0.25, 0.3) is 0 Å². The highest BCUT2D eigenvalue weighted by Crippen LogP contribution is 2.55. The number of likely N-dealkylation sites (tertiary alicyclic amines) is 1. The largest absolute Gasteiger partial charge is 0.481 e. The van der Waals surface area contributed by atoms with Crippen LogP contribution in [0.1, 0.15) is 27.7 Å². The predicted octanol–water partition coefficient (Wildman–Crippen LogP) is 1.82. The number of carboxylic acid groups (broad SMARTS) is 1. The quantitative estimate of drug-likeness (QED) is 0.817. The van der Waals surface area contributed by atoms with Crippen molar-refractivity contribution in [2.75, 3.05) is 13.1 Å². The van der Waals surface area contributed by atoms with Crippen molar-refractivity contribution in [3.8, 4) is 0 Å². The summed E-state index contributed by atoms with van der Waals surface area (Å²) >= 11 is 0. The van der Waals surface area contributed by atoms with Crippen molar-refractivity contribution in [2.45, 2.75) is 33.3 Å². The molecule has 5 heteroatoms. The molecule has 18 heavy (non-hydrogen) atoms. The third-order valence-electron chi connectivity index (χ3n) is 3.88. The minimum absolute atomic E-state index is 0.237. The normalized spacial score (nSPS) is 31.8. The molecule has 0 bridgehead atoms. The van der Waals surface area contributed by atoms with Gasteiger partial charge in [0.2, 0.25) is 0 Å². The standard InChI is InChI=1S/C13H21NO4/c1-7(11(15)16)10-8-5-14(6-9(8)10)12(17)18-13(2,3)4/h7-10H,5-6H2,1-4H3,(H,15,16). The molecule has 1 heterocycles. The molecule has 1 amide bonds. The second-order valence-electron chi connectivity index (χ2n) is 6.42. The second-order valence-corrected chi connectivity index (χ2v) is 6.42. The predicted molar refractivity (Wildman–Crippen MR) is 65.1 cm³/mol. The zero-order chi connectivity index (χ0) is 13.7. The summed E-state index contributed by atoms with van der Waals surface area (Å²) in [5, 5.41) is 8.97. The number of carbonyl (C=O) groups is 2. The van der Waals surface area contributed by atoms with E-state index in [2.05, 4.69) is 0 Å². The van der Waals surface area contributed by atoms with E-state index in [0.29, 0.717) is 24.9 Å². The van der Waals surface area contributed by atoms with Gasteiger partial charge < -0.3 is 14.7 Å². The van der Waals surface area contributed by atoms with Crippen LogP contribution < -0.4 is 0 Å². The molecule has 1 saturated carbocycles. The highest BCUT2D eigenvalue weighted by atomic mass is 16.6. The van der Waals surface area contributed by atoms with Crippen molar-refractivity contribution in [3.05, 3.63) is 0 Å². The Morgan fingerprint density at radius 2 is 1.78 bits per heavy atom. The van der Waals surface area contributed by atoms with Crippen LogP contribution in [0.4, 0.5) is 4.79 Å². The van der Waals surface area contributed by atoms with Gasteiger partial charge in [0, 0.05) is 13.1 Å². The lowest BCUT2D eigenvalue weighted by Crippen LogP contribution is -2.37. The average Bonchev–Trinajstić information content (AvgIpc) is 2.68. The summed E-state index contributed by atoms with van der Waals surface area (Å²) in [6, 6.07) is 0. The number of hydrogen-bond acceptors (Lipinski definition) is 3. The fourth-order valence-corrected chi connectivity index (χ4v) is 2.95. The van der Waals surface area contributed by atoms with Crippen LogP contribution >= 0.6 is 0 Å². The lowest BCUT2D eigenvalue weighted by Gasteiger charge is -2.26. The Morgan fingerprint density at radius 1 is 1.28 bits per heavy atom. The third-order valence-corrected chi connectivity index (χ3v) is 3.88. The van der Waals surface area contributed by atoms with Crippen molar-refractivity contribution in [2.24, 2.45) is 23.7 Å². The molecule has 0 spiro atoms. The van der Waals surface area contributed by atoms with Crippen LogP contribution in [0, 0.1) is 23.7 Å². The van der Waals surface area contributed by atoms with Crippen molar-refractivity contribution in [1.82, 2.24) is 4.90 Å². The number of nitrogens with zero attached hydrogens (tertiary/aromatic N) is 1. The third kappa shape index (κ3) is 2.44. The first-order valence-electron chi connectivity index (χ1n) is 6.41. The first-order valence-corrected chi connectivity index (χ1v) is 6.41. The van der Waals surface area contributed by atoms with Gasteiger partial charge in [0.25, 0.3) is 0 Å². The monoisotopic (exact) mass is 255 g/mol. The number of rotatable bonds is 2. The Bertz CT molecular complexity index is 362. The zero-order valence-corrected chi connectivity index (χ0v) is 11.3. The summed E-state index contributed by atoms with van der Waals surface area (Å²) in [6.45, 7) is 8.57. The molecule has 0 aromatic rings. The van der Waals surface area contributed by atoms with Gasteiger partial charge in [0.05, 0.1) is 5.92 Å². The summed E-state index contributed by atoms with van der Waals surface area (Å²) in [6.07, 6.45) is -0.281. The number of carboxylic acids is 1. The molecule has 0 aromatic carbocycles. The molecule has 1 aliphatic carbocycles. The second kappa shape index (κ2) is 4.14. The summed E-state index contributed by atoms with van der Waals surface area (Å²) < 4.78 is 5.30. The number of aliphatic carboxylic acids is 1. The molecule has 1 aliphatic heterocycles. The summed E-state index contributed by atoms with van der Waals surface area (Å²) in [4.78, 5) is 24.4. The van der Waals surface area contributed by atoms with E-state index in [1.54, 1.807) is 11.8 Å². The minimum Gasteiger partial charge on any atom is -0.481 e. The lowest BCUT2D eigenvalue weighted by atomic mass is 10.0. The van der Waals surface area contributed by atoms with Crippen LogP contribution in [0.5, 0.6) is 0 Å². The van der Waals surface area contributed by atoms with E-state index in [9.17, 15) is 9.59 Å². The van der Waals surface area contributed by atoms with Gasteiger partial charge in [0.15, 0.2) is 0 Å². The van der Waals surface area contributed by atoms with Gasteiger partial charge in [0.1, 0.15) is 5.60 Å². The van der Waals surface area contributed by atoms with Crippen LogP contribution in [0.2, 0.25) is 0 Å². The molecule has 3 atom stereocenters. The van der Waals surface area contributed by atoms with Crippen LogP contribution in [0.15, 0.2) is 0 Å². The molecular formula is C13H21NO4. The Morgan fingerprint density at radius 3 is 2.17 bits per heavy atom. The molecule has 1 saturated heterocycles. The van der Waals surface area contributed by atoms with Crippen LogP contribution in [-0.4, -0.2) is 40.8 Å². The molecule has 2 rings (SSSR count). The smallest absolute Gasteiger partial charge is 0.410 e. The van der Waals surface area contributed by atoms with Crippen molar-refractivity contribution in [1.29, 1.82) is 0 Å². The topological polar surface area (TPSA) is 66.8 Å². The van der Waals surface area contributed by atoms with Gasteiger partial charge in [-0.2, -0.15) is 0 Å². The van der Waals surface area contributed by atoms with Gasteiger partial charge in [-0.15, -0.1) is 0 Å². The number of amides is 1. The van der Waals surface area contributed by atoms with E-state index in [-0.39, 0.29) is 17.9 Å². The van der Waals surface area contributed by atoms with E-state index in [0.717, 1.165) is 0 Å². The Balaban J connectivity index is 1.84.